The van der Waals surface area contributed by atoms with E-state index in [2.05, 4.69) is 17.1 Å². The van der Waals surface area contributed by atoms with Crippen LogP contribution in [0, 0.1) is 0 Å². The molecule has 0 radical (unpaired) electrons. The second-order valence-electron chi connectivity index (χ2n) is 5.04. The summed E-state index contributed by atoms with van der Waals surface area (Å²) >= 11 is 6.15. The Morgan fingerprint density at radius 1 is 1.30 bits per heavy atom. The van der Waals surface area contributed by atoms with Gasteiger partial charge in [-0.1, -0.05) is 18.5 Å². The molecule has 112 valence electrons. The molecule has 1 aliphatic rings. The lowest BCUT2D eigenvalue weighted by molar-refractivity contribution is 0.403. The van der Waals surface area contributed by atoms with E-state index in [1.807, 2.05) is 12.1 Å². The third kappa shape index (κ3) is 3.30. The van der Waals surface area contributed by atoms with Crippen molar-refractivity contribution in [3.63, 3.8) is 0 Å². The van der Waals surface area contributed by atoms with Crippen molar-refractivity contribution in [2.24, 2.45) is 0 Å². The maximum Gasteiger partial charge on any atom is 0.143 e. The summed E-state index contributed by atoms with van der Waals surface area (Å²) < 4.78 is 10.8. The fraction of sp³-hybridized carbons (Fsp3) is 0.600. The van der Waals surface area contributed by atoms with Crippen molar-refractivity contribution in [3.05, 3.63) is 17.2 Å². The van der Waals surface area contributed by atoms with E-state index in [0.717, 1.165) is 43.9 Å². The molecule has 5 heteroatoms. The lowest BCUT2D eigenvalue weighted by Gasteiger charge is -2.22. The van der Waals surface area contributed by atoms with Gasteiger partial charge < -0.3 is 19.7 Å². The minimum absolute atomic E-state index is 0.543. The number of ether oxygens (including phenoxy) is 2. The van der Waals surface area contributed by atoms with E-state index in [4.69, 9.17) is 21.1 Å². The monoisotopic (exact) mass is 298 g/mol. The molecule has 0 saturated carbocycles. The number of nitrogens with one attached hydrogen (secondary N) is 1. The molecule has 1 atom stereocenters. The molecule has 1 saturated heterocycles. The first-order valence-corrected chi connectivity index (χ1v) is 7.47. The van der Waals surface area contributed by atoms with Crippen molar-refractivity contribution in [2.75, 3.05) is 38.8 Å². The topological polar surface area (TPSA) is 33.7 Å². The van der Waals surface area contributed by atoms with Crippen LogP contribution in [0.3, 0.4) is 0 Å². The van der Waals surface area contributed by atoms with E-state index in [9.17, 15) is 0 Å². The molecule has 0 aromatic heterocycles. The molecule has 1 fully saturated rings. The average molecular weight is 299 g/mol. The highest BCUT2D eigenvalue weighted by Gasteiger charge is 2.25. The van der Waals surface area contributed by atoms with Crippen molar-refractivity contribution in [2.45, 2.75) is 25.8 Å². The van der Waals surface area contributed by atoms with Gasteiger partial charge in [0.25, 0.3) is 0 Å². The van der Waals surface area contributed by atoms with Gasteiger partial charge in [-0.3, -0.25) is 0 Å². The Bertz CT molecular complexity index is 454. The normalized spacial score (nSPS) is 18.4. The zero-order chi connectivity index (χ0) is 14.5. The average Bonchev–Trinajstić information content (AvgIpc) is 2.93. The first kappa shape index (κ1) is 15.3. The number of rotatable bonds is 6. The van der Waals surface area contributed by atoms with E-state index < -0.39 is 0 Å². The van der Waals surface area contributed by atoms with Crippen LogP contribution in [0.15, 0.2) is 12.1 Å². The molecule has 0 spiro atoms. The van der Waals surface area contributed by atoms with Crippen LogP contribution in [0.1, 0.15) is 19.8 Å². The highest BCUT2D eigenvalue weighted by atomic mass is 35.5. The molecule has 1 aromatic carbocycles. The molecule has 1 aromatic rings. The van der Waals surface area contributed by atoms with E-state index in [0.29, 0.717) is 16.8 Å². The summed E-state index contributed by atoms with van der Waals surface area (Å²) in [5, 5.41) is 4.15. The number of anilines is 1. The number of benzene rings is 1. The van der Waals surface area contributed by atoms with Gasteiger partial charge in [-0.05, 0) is 19.4 Å². The van der Waals surface area contributed by atoms with Gasteiger partial charge in [0.15, 0.2) is 0 Å². The number of nitrogens with zero attached hydrogens (tertiary/aromatic N) is 1. The molecule has 20 heavy (non-hydrogen) atoms. The Hall–Kier alpha value is -1.13. The summed E-state index contributed by atoms with van der Waals surface area (Å²) in [6.45, 7) is 5.26. The maximum atomic E-state index is 6.15. The zero-order valence-electron chi connectivity index (χ0n) is 12.4. The highest BCUT2D eigenvalue weighted by Crippen LogP contribution is 2.39. The van der Waals surface area contributed by atoms with Gasteiger partial charge in [0.05, 0.1) is 24.9 Å². The second-order valence-corrected chi connectivity index (χ2v) is 5.45. The highest BCUT2D eigenvalue weighted by molar-refractivity contribution is 6.32. The van der Waals surface area contributed by atoms with Crippen LogP contribution >= 0.6 is 11.6 Å². The predicted molar refractivity (Wildman–Crippen MR) is 83.5 cm³/mol. The third-order valence-electron chi connectivity index (χ3n) is 3.67. The van der Waals surface area contributed by atoms with Gasteiger partial charge in [-0.25, -0.2) is 0 Å². The molecule has 1 unspecified atom stereocenters. The number of methoxy groups -OCH3 is 2. The summed E-state index contributed by atoms with van der Waals surface area (Å²) in [4.78, 5) is 2.32. The Balaban J connectivity index is 2.16. The van der Waals surface area contributed by atoms with Crippen molar-refractivity contribution >= 4 is 17.3 Å². The predicted octanol–water partition coefficient (Wildman–Crippen LogP) is 2.94. The molecular formula is C15H23ClN2O2. The fourth-order valence-corrected chi connectivity index (χ4v) is 2.82. The number of hydrogen-bond acceptors (Lipinski definition) is 4. The molecule has 2 rings (SSSR count). The quantitative estimate of drug-likeness (QED) is 0.875. The molecule has 0 aliphatic carbocycles. The van der Waals surface area contributed by atoms with Gasteiger partial charge in [0.1, 0.15) is 11.5 Å². The van der Waals surface area contributed by atoms with Gasteiger partial charge >= 0.3 is 0 Å². The molecule has 0 amide bonds. The van der Waals surface area contributed by atoms with Crippen LogP contribution in [0.2, 0.25) is 5.02 Å². The van der Waals surface area contributed by atoms with Crippen LogP contribution < -0.4 is 19.7 Å². The molecule has 4 nitrogen and oxygen atoms in total. The van der Waals surface area contributed by atoms with Gasteiger partial charge in [-0.2, -0.15) is 0 Å². The molecule has 1 N–H and O–H groups in total. The SMILES string of the molecule is CCCNC1CCN(c2cc(OC)c(Cl)cc2OC)C1. The Kier molecular flexibility index (Phi) is 5.38. The Morgan fingerprint density at radius 2 is 2.05 bits per heavy atom. The Morgan fingerprint density at radius 3 is 2.70 bits per heavy atom. The van der Waals surface area contributed by atoms with Crippen molar-refractivity contribution in [1.82, 2.24) is 5.32 Å². The lowest BCUT2D eigenvalue weighted by atomic mass is 10.2. The summed E-state index contributed by atoms with van der Waals surface area (Å²) in [6.07, 6.45) is 2.31. The fourth-order valence-electron chi connectivity index (χ4n) is 2.59. The van der Waals surface area contributed by atoms with Crippen LogP contribution in [-0.4, -0.2) is 39.9 Å². The van der Waals surface area contributed by atoms with Gasteiger partial charge in [0, 0.05) is 31.3 Å². The molecular weight excluding hydrogens is 276 g/mol. The number of halogens is 1. The Labute approximate surface area is 126 Å². The summed E-state index contributed by atoms with van der Waals surface area (Å²) in [5.74, 6) is 1.49. The molecule has 0 bridgehead atoms. The van der Waals surface area contributed by atoms with E-state index in [1.165, 1.54) is 0 Å². The summed E-state index contributed by atoms with van der Waals surface area (Å²) in [5.41, 5.74) is 1.05. The maximum absolute atomic E-state index is 6.15. The summed E-state index contributed by atoms with van der Waals surface area (Å²) in [7, 11) is 3.30. The van der Waals surface area contributed by atoms with Gasteiger partial charge in [0.2, 0.25) is 0 Å². The zero-order valence-corrected chi connectivity index (χ0v) is 13.2. The third-order valence-corrected chi connectivity index (χ3v) is 3.96. The molecule has 1 aliphatic heterocycles. The van der Waals surface area contributed by atoms with E-state index in [1.54, 1.807) is 14.2 Å². The van der Waals surface area contributed by atoms with E-state index >= 15 is 0 Å². The van der Waals surface area contributed by atoms with Crippen LogP contribution in [0.4, 0.5) is 5.69 Å². The van der Waals surface area contributed by atoms with Crippen LogP contribution in [-0.2, 0) is 0 Å². The van der Waals surface area contributed by atoms with Gasteiger partial charge in [-0.15, -0.1) is 0 Å². The largest absolute Gasteiger partial charge is 0.495 e. The minimum Gasteiger partial charge on any atom is -0.495 e. The van der Waals surface area contributed by atoms with Crippen LogP contribution in [0.25, 0.3) is 0 Å². The minimum atomic E-state index is 0.543. The second kappa shape index (κ2) is 7.04. The number of hydrogen-bond donors (Lipinski definition) is 1. The van der Waals surface area contributed by atoms with Crippen molar-refractivity contribution in [1.29, 1.82) is 0 Å². The lowest BCUT2D eigenvalue weighted by Crippen LogP contribution is -2.33. The molecule has 1 heterocycles. The van der Waals surface area contributed by atoms with Crippen molar-refractivity contribution < 1.29 is 9.47 Å². The van der Waals surface area contributed by atoms with Crippen LogP contribution in [0.5, 0.6) is 11.5 Å². The standard InChI is InChI=1S/C15H23ClN2O2/c1-4-6-17-11-5-7-18(10-11)13-9-14(19-2)12(16)8-15(13)20-3/h8-9,11,17H,4-7,10H2,1-3H3. The smallest absolute Gasteiger partial charge is 0.143 e. The first-order valence-electron chi connectivity index (χ1n) is 7.09. The first-order chi connectivity index (χ1) is 9.69. The van der Waals surface area contributed by atoms with E-state index in [-0.39, 0.29) is 0 Å². The summed E-state index contributed by atoms with van der Waals surface area (Å²) in [6, 6.07) is 4.33. The van der Waals surface area contributed by atoms with Crippen molar-refractivity contribution in [3.8, 4) is 11.5 Å².